The first-order chi connectivity index (χ1) is 8.15. The van der Waals surface area contributed by atoms with Gasteiger partial charge < -0.3 is 10.5 Å². The minimum atomic E-state index is 0.461. The number of nitrogens with two attached hydrogens (primary N) is 1. The average Bonchev–Trinajstić information content (AvgIpc) is 2.68. The Morgan fingerprint density at radius 1 is 1.35 bits per heavy atom. The maximum absolute atomic E-state index is 5.96. The lowest BCUT2D eigenvalue weighted by Crippen LogP contribution is -2.08. The summed E-state index contributed by atoms with van der Waals surface area (Å²) in [4.78, 5) is 0. The van der Waals surface area contributed by atoms with Crippen molar-refractivity contribution in [3.8, 4) is 5.75 Å². The first kappa shape index (κ1) is 12.1. The van der Waals surface area contributed by atoms with Crippen molar-refractivity contribution >= 4 is 28.9 Å². The van der Waals surface area contributed by atoms with E-state index in [2.05, 4.69) is 5.10 Å². The van der Waals surface area contributed by atoms with Gasteiger partial charge in [-0.1, -0.05) is 23.2 Å². The van der Waals surface area contributed by atoms with Crippen LogP contribution in [0.1, 0.15) is 0 Å². The predicted octanol–water partition coefficient (Wildman–Crippen LogP) is 2.85. The molecule has 0 unspecified atom stereocenters. The van der Waals surface area contributed by atoms with E-state index in [1.165, 1.54) is 0 Å². The number of ether oxygens (including phenoxy) is 1. The monoisotopic (exact) mass is 271 g/mol. The molecule has 2 rings (SSSR count). The van der Waals surface area contributed by atoms with Crippen LogP contribution in [-0.4, -0.2) is 16.4 Å². The van der Waals surface area contributed by atoms with E-state index in [9.17, 15) is 0 Å². The molecule has 17 heavy (non-hydrogen) atoms. The van der Waals surface area contributed by atoms with Crippen molar-refractivity contribution in [2.24, 2.45) is 0 Å². The molecule has 6 heteroatoms. The van der Waals surface area contributed by atoms with Gasteiger partial charge in [0.2, 0.25) is 0 Å². The third-order valence-corrected chi connectivity index (χ3v) is 2.66. The Morgan fingerprint density at radius 2 is 2.18 bits per heavy atom. The number of hydrogen-bond donors (Lipinski definition) is 1. The highest BCUT2D eigenvalue weighted by molar-refractivity contribution is 6.35. The van der Waals surface area contributed by atoms with Gasteiger partial charge in [-0.2, -0.15) is 5.10 Å². The average molecular weight is 272 g/mol. The minimum absolute atomic E-state index is 0.461. The summed E-state index contributed by atoms with van der Waals surface area (Å²) < 4.78 is 7.22. The summed E-state index contributed by atoms with van der Waals surface area (Å²) in [6.07, 6.45) is 3.34. The number of nitrogens with zero attached hydrogens (tertiary/aromatic N) is 2. The second-order valence-electron chi connectivity index (χ2n) is 3.46. The van der Waals surface area contributed by atoms with Gasteiger partial charge in [0.05, 0.1) is 23.5 Å². The highest BCUT2D eigenvalue weighted by atomic mass is 35.5. The number of rotatable bonds is 4. The molecule has 0 atom stereocenters. The number of nitrogen functional groups attached to an aromatic ring is 1. The van der Waals surface area contributed by atoms with Crippen molar-refractivity contribution in [2.45, 2.75) is 6.54 Å². The van der Waals surface area contributed by atoms with E-state index in [-0.39, 0.29) is 0 Å². The molecule has 2 N–H and O–H groups in total. The van der Waals surface area contributed by atoms with Crippen LogP contribution in [0.5, 0.6) is 5.75 Å². The molecule has 2 aromatic rings. The smallest absolute Gasteiger partial charge is 0.138 e. The topological polar surface area (TPSA) is 53.1 Å². The van der Waals surface area contributed by atoms with E-state index < -0.39 is 0 Å². The maximum atomic E-state index is 5.96. The second-order valence-corrected chi connectivity index (χ2v) is 4.30. The van der Waals surface area contributed by atoms with Crippen LogP contribution in [-0.2, 0) is 6.54 Å². The van der Waals surface area contributed by atoms with Crippen LogP contribution >= 0.6 is 23.2 Å². The lowest BCUT2D eigenvalue weighted by molar-refractivity contribution is 0.291. The molecule has 0 saturated carbocycles. The van der Waals surface area contributed by atoms with Crippen LogP contribution in [0.4, 0.5) is 5.69 Å². The first-order valence-electron chi connectivity index (χ1n) is 5.01. The Hall–Kier alpha value is -1.39. The SMILES string of the molecule is Nc1cnn(CCOc2ccc(Cl)cc2Cl)c1. The normalized spacial score (nSPS) is 10.5. The van der Waals surface area contributed by atoms with Crippen molar-refractivity contribution < 1.29 is 4.74 Å². The molecule has 1 aromatic carbocycles. The van der Waals surface area contributed by atoms with Crippen molar-refractivity contribution in [2.75, 3.05) is 12.3 Å². The van der Waals surface area contributed by atoms with Gasteiger partial charge in [-0.25, -0.2) is 0 Å². The summed E-state index contributed by atoms with van der Waals surface area (Å²) in [6.45, 7) is 1.07. The van der Waals surface area contributed by atoms with E-state index in [1.807, 2.05) is 0 Å². The van der Waals surface area contributed by atoms with Gasteiger partial charge in [-0.15, -0.1) is 0 Å². The molecular weight excluding hydrogens is 261 g/mol. The Bertz CT molecular complexity index is 513. The third-order valence-electron chi connectivity index (χ3n) is 2.13. The zero-order valence-electron chi connectivity index (χ0n) is 8.94. The summed E-state index contributed by atoms with van der Waals surface area (Å²) >= 11 is 11.7. The fourth-order valence-corrected chi connectivity index (χ4v) is 1.81. The fourth-order valence-electron chi connectivity index (χ4n) is 1.34. The van der Waals surface area contributed by atoms with Crippen LogP contribution in [0.15, 0.2) is 30.6 Å². The van der Waals surface area contributed by atoms with Gasteiger partial charge in [0.25, 0.3) is 0 Å². The van der Waals surface area contributed by atoms with Crippen molar-refractivity contribution in [3.63, 3.8) is 0 Å². The molecule has 0 amide bonds. The highest BCUT2D eigenvalue weighted by Crippen LogP contribution is 2.27. The molecule has 1 heterocycles. The van der Waals surface area contributed by atoms with Crippen LogP contribution < -0.4 is 10.5 Å². The second kappa shape index (κ2) is 5.29. The molecule has 0 saturated heterocycles. The van der Waals surface area contributed by atoms with Gasteiger partial charge in [0.15, 0.2) is 0 Å². The van der Waals surface area contributed by atoms with E-state index in [4.69, 9.17) is 33.7 Å². The molecule has 0 aliphatic rings. The van der Waals surface area contributed by atoms with Gasteiger partial charge in [-0.3, -0.25) is 4.68 Å². The number of halogens is 2. The highest BCUT2D eigenvalue weighted by Gasteiger charge is 2.02. The summed E-state index contributed by atoms with van der Waals surface area (Å²) in [5.41, 5.74) is 6.18. The van der Waals surface area contributed by atoms with Crippen LogP contribution in [0.2, 0.25) is 10.0 Å². The number of aromatic nitrogens is 2. The molecule has 0 fully saturated rings. The van der Waals surface area contributed by atoms with Gasteiger partial charge in [0.1, 0.15) is 12.4 Å². The van der Waals surface area contributed by atoms with Crippen LogP contribution in [0, 0.1) is 0 Å². The molecule has 0 aliphatic carbocycles. The van der Waals surface area contributed by atoms with Crippen molar-refractivity contribution in [3.05, 3.63) is 40.6 Å². The molecule has 0 spiro atoms. The van der Waals surface area contributed by atoms with Crippen LogP contribution in [0.25, 0.3) is 0 Å². The summed E-state index contributed by atoms with van der Waals surface area (Å²) in [6, 6.07) is 5.11. The van der Waals surface area contributed by atoms with E-state index in [1.54, 1.807) is 35.3 Å². The summed E-state index contributed by atoms with van der Waals surface area (Å²) in [5, 5.41) is 5.12. The molecule has 0 aliphatic heterocycles. The largest absolute Gasteiger partial charge is 0.490 e. The fraction of sp³-hybridized carbons (Fsp3) is 0.182. The molecule has 4 nitrogen and oxygen atoms in total. The standard InChI is InChI=1S/C11H11Cl2N3O/c12-8-1-2-11(10(13)5-8)17-4-3-16-7-9(14)6-15-16/h1-2,5-7H,3-4,14H2. The number of anilines is 1. The minimum Gasteiger partial charge on any atom is -0.490 e. The molecule has 90 valence electrons. The van der Waals surface area contributed by atoms with Gasteiger partial charge >= 0.3 is 0 Å². The predicted molar refractivity (Wildman–Crippen MR) is 68.6 cm³/mol. The maximum Gasteiger partial charge on any atom is 0.138 e. The molecule has 0 bridgehead atoms. The molecule has 1 aromatic heterocycles. The summed E-state index contributed by atoms with van der Waals surface area (Å²) in [7, 11) is 0. The number of benzene rings is 1. The van der Waals surface area contributed by atoms with E-state index in [0.29, 0.717) is 34.6 Å². The van der Waals surface area contributed by atoms with E-state index in [0.717, 1.165) is 0 Å². The number of hydrogen-bond acceptors (Lipinski definition) is 3. The zero-order chi connectivity index (χ0) is 12.3. The van der Waals surface area contributed by atoms with Crippen molar-refractivity contribution in [1.82, 2.24) is 9.78 Å². The Morgan fingerprint density at radius 3 is 2.82 bits per heavy atom. The third kappa shape index (κ3) is 3.28. The van der Waals surface area contributed by atoms with Crippen LogP contribution in [0.3, 0.4) is 0 Å². The Kier molecular flexibility index (Phi) is 3.76. The summed E-state index contributed by atoms with van der Waals surface area (Å²) in [5.74, 6) is 0.608. The quantitative estimate of drug-likeness (QED) is 0.931. The lowest BCUT2D eigenvalue weighted by atomic mass is 10.3. The van der Waals surface area contributed by atoms with Gasteiger partial charge in [0, 0.05) is 11.2 Å². The Labute approximate surface area is 109 Å². The zero-order valence-corrected chi connectivity index (χ0v) is 10.4. The Balaban J connectivity index is 1.90. The van der Waals surface area contributed by atoms with Gasteiger partial charge in [-0.05, 0) is 18.2 Å². The first-order valence-corrected chi connectivity index (χ1v) is 5.76. The van der Waals surface area contributed by atoms with E-state index >= 15 is 0 Å². The van der Waals surface area contributed by atoms with Crippen molar-refractivity contribution in [1.29, 1.82) is 0 Å². The lowest BCUT2D eigenvalue weighted by Gasteiger charge is -2.08. The molecular formula is C11H11Cl2N3O. The molecule has 0 radical (unpaired) electrons.